The molecule has 0 atom stereocenters. The summed E-state index contributed by atoms with van der Waals surface area (Å²) in [7, 11) is -2.09. The minimum absolute atomic E-state index is 0.262. The van der Waals surface area contributed by atoms with Crippen LogP contribution in [0.1, 0.15) is 11.1 Å². The molecule has 0 aliphatic carbocycles. The zero-order chi connectivity index (χ0) is 17.3. The molecule has 1 aliphatic heterocycles. The van der Waals surface area contributed by atoms with E-state index in [-0.39, 0.29) is 11.4 Å². The second kappa shape index (κ2) is 6.17. The van der Waals surface area contributed by atoms with E-state index in [0.29, 0.717) is 11.4 Å². The van der Waals surface area contributed by atoms with E-state index in [1.807, 2.05) is 25.1 Å². The highest BCUT2D eigenvalue weighted by atomic mass is 32.2. The number of hydrogen-bond donors (Lipinski definition) is 0. The van der Waals surface area contributed by atoms with Crippen LogP contribution in [0.25, 0.3) is 5.57 Å². The Balaban J connectivity index is 2.15. The number of fused-ring (bicyclic) bond motifs is 1. The topological polar surface area (TPSA) is 46.6 Å². The molecule has 0 amide bonds. The van der Waals surface area contributed by atoms with Gasteiger partial charge in [-0.1, -0.05) is 36.4 Å². The van der Waals surface area contributed by atoms with Gasteiger partial charge in [-0.25, -0.2) is 8.42 Å². The van der Waals surface area contributed by atoms with Gasteiger partial charge in [0.15, 0.2) is 0 Å². The Labute approximate surface area is 142 Å². The second-order valence-electron chi connectivity index (χ2n) is 5.60. The van der Waals surface area contributed by atoms with Crippen molar-refractivity contribution in [1.82, 2.24) is 0 Å². The van der Waals surface area contributed by atoms with Crippen LogP contribution in [-0.2, 0) is 10.0 Å². The number of ether oxygens (including phenoxy) is 1. The molecule has 0 saturated heterocycles. The average Bonchev–Trinajstić information content (AvgIpc) is 2.60. The molecule has 0 bridgehead atoms. The van der Waals surface area contributed by atoms with Crippen molar-refractivity contribution in [2.24, 2.45) is 0 Å². The van der Waals surface area contributed by atoms with E-state index in [0.717, 1.165) is 16.7 Å². The summed E-state index contributed by atoms with van der Waals surface area (Å²) >= 11 is 0. The molecule has 2 aromatic carbocycles. The Morgan fingerprint density at radius 3 is 2.50 bits per heavy atom. The highest BCUT2D eigenvalue weighted by molar-refractivity contribution is 7.92. The molecule has 0 unspecified atom stereocenters. The summed E-state index contributed by atoms with van der Waals surface area (Å²) in [6.07, 6.45) is 3.61. The molecule has 5 heteroatoms. The maximum atomic E-state index is 13.1. The first-order valence-electron chi connectivity index (χ1n) is 7.58. The molecule has 0 fully saturated rings. The van der Waals surface area contributed by atoms with E-state index in [2.05, 4.69) is 6.58 Å². The van der Waals surface area contributed by atoms with Gasteiger partial charge in [-0.15, -0.1) is 0 Å². The number of benzene rings is 2. The van der Waals surface area contributed by atoms with Gasteiger partial charge in [-0.05, 0) is 36.8 Å². The molecule has 4 nitrogen and oxygen atoms in total. The van der Waals surface area contributed by atoms with Crippen molar-refractivity contribution in [3.8, 4) is 5.75 Å². The van der Waals surface area contributed by atoms with Crippen molar-refractivity contribution in [2.75, 3.05) is 18.0 Å². The molecule has 3 rings (SSSR count). The van der Waals surface area contributed by atoms with Crippen LogP contribution in [0.5, 0.6) is 5.75 Å². The molecule has 0 N–H and O–H groups in total. The molecule has 124 valence electrons. The number of nitrogens with zero attached hydrogens (tertiary/aromatic N) is 1. The third kappa shape index (κ3) is 2.71. The fourth-order valence-electron chi connectivity index (χ4n) is 2.74. The Morgan fingerprint density at radius 2 is 1.88 bits per heavy atom. The highest BCUT2D eigenvalue weighted by Crippen LogP contribution is 2.37. The lowest BCUT2D eigenvalue weighted by molar-refractivity contribution is 0.415. The predicted molar refractivity (Wildman–Crippen MR) is 96.9 cm³/mol. The average molecular weight is 341 g/mol. The van der Waals surface area contributed by atoms with Crippen molar-refractivity contribution < 1.29 is 13.2 Å². The summed E-state index contributed by atoms with van der Waals surface area (Å²) in [6.45, 7) is 6.00. The lowest BCUT2D eigenvalue weighted by Crippen LogP contribution is -2.33. The lowest BCUT2D eigenvalue weighted by atomic mass is 10.0. The van der Waals surface area contributed by atoms with Crippen molar-refractivity contribution in [3.63, 3.8) is 0 Å². The third-order valence-corrected chi connectivity index (χ3v) is 5.88. The first-order valence-corrected chi connectivity index (χ1v) is 9.02. The van der Waals surface area contributed by atoms with Gasteiger partial charge in [0.2, 0.25) is 0 Å². The molecule has 0 radical (unpaired) electrons. The first kappa shape index (κ1) is 16.3. The fourth-order valence-corrected chi connectivity index (χ4v) is 4.15. The minimum Gasteiger partial charge on any atom is -0.497 e. The number of anilines is 1. The third-order valence-electron chi connectivity index (χ3n) is 4.09. The zero-order valence-corrected chi connectivity index (χ0v) is 14.5. The van der Waals surface area contributed by atoms with Crippen LogP contribution in [0.4, 0.5) is 5.69 Å². The van der Waals surface area contributed by atoms with Gasteiger partial charge in [0, 0.05) is 11.6 Å². The fraction of sp³-hybridized carbons (Fsp3) is 0.158. The molecular formula is C19H19NO3S. The maximum Gasteiger partial charge on any atom is 0.264 e. The normalized spacial score (nSPS) is 13.9. The largest absolute Gasteiger partial charge is 0.497 e. The SMILES string of the molecule is C=CC1=CCN(S(=O)(=O)c2ccc(C)cc2)c2cc(OC)ccc21. The Hall–Kier alpha value is -2.53. The lowest BCUT2D eigenvalue weighted by Gasteiger charge is -2.30. The second-order valence-corrected chi connectivity index (χ2v) is 7.46. The van der Waals surface area contributed by atoms with Crippen molar-refractivity contribution >= 4 is 21.3 Å². The Kier molecular flexibility index (Phi) is 4.20. The standard InChI is InChI=1S/C19H19NO3S/c1-4-15-11-12-20(19-13-16(23-3)7-10-18(15)19)24(21,22)17-8-5-14(2)6-9-17/h4-11,13H,1,12H2,2-3H3. The van der Waals surface area contributed by atoms with Crippen molar-refractivity contribution in [2.45, 2.75) is 11.8 Å². The van der Waals surface area contributed by atoms with E-state index in [1.165, 1.54) is 4.31 Å². The Morgan fingerprint density at radius 1 is 1.17 bits per heavy atom. The maximum absolute atomic E-state index is 13.1. The van der Waals surface area contributed by atoms with Crippen LogP contribution in [0, 0.1) is 6.92 Å². The quantitative estimate of drug-likeness (QED) is 0.850. The van der Waals surface area contributed by atoms with Gasteiger partial charge in [0.05, 0.1) is 24.2 Å². The van der Waals surface area contributed by atoms with Gasteiger partial charge in [0.25, 0.3) is 10.0 Å². The first-order chi connectivity index (χ1) is 11.5. The minimum atomic E-state index is -3.65. The molecule has 0 saturated carbocycles. The van der Waals surface area contributed by atoms with E-state index in [1.54, 1.807) is 43.5 Å². The van der Waals surface area contributed by atoms with Crippen LogP contribution >= 0.6 is 0 Å². The van der Waals surface area contributed by atoms with Crippen LogP contribution in [0.3, 0.4) is 0 Å². The molecule has 2 aromatic rings. The number of aryl methyl sites for hydroxylation is 1. The molecule has 1 aliphatic rings. The Bertz CT molecular complexity index is 912. The smallest absolute Gasteiger partial charge is 0.264 e. The molecule has 24 heavy (non-hydrogen) atoms. The molecule has 1 heterocycles. The monoisotopic (exact) mass is 341 g/mol. The van der Waals surface area contributed by atoms with Crippen LogP contribution in [0.15, 0.2) is 66.1 Å². The van der Waals surface area contributed by atoms with Gasteiger partial charge in [0.1, 0.15) is 5.75 Å². The van der Waals surface area contributed by atoms with E-state index >= 15 is 0 Å². The van der Waals surface area contributed by atoms with E-state index in [9.17, 15) is 8.42 Å². The number of methoxy groups -OCH3 is 1. The number of rotatable bonds is 4. The summed E-state index contributed by atoms with van der Waals surface area (Å²) in [4.78, 5) is 0.275. The predicted octanol–water partition coefficient (Wildman–Crippen LogP) is 3.78. The van der Waals surface area contributed by atoms with Gasteiger partial charge in [-0.2, -0.15) is 0 Å². The van der Waals surface area contributed by atoms with E-state index in [4.69, 9.17) is 4.74 Å². The summed E-state index contributed by atoms with van der Waals surface area (Å²) in [5, 5.41) is 0. The summed E-state index contributed by atoms with van der Waals surface area (Å²) < 4.78 is 32.8. The highest BCUT2D eigenvalue weighted by Gasteiger charge is 2.29. The van der Waals surface area contributed by atoms with Crippen molar-refractivity contribution in [3.05, 3.63) is 72.3 Å². The number of sulfonamides is 1. The van der Waals surface area contributed by atoms with Crippen LogP contribution in [-0.4, -0.2) is 22.1 Å². The summed E-state index contributed by atoms with van der Waals surface area (Å²) in [6, 6.07) is 12.3. The molecule has 0 spiro atoms. The molecule has 0 aromatic heterocycles. The summed E-state index contributed by atoms with van der Waals surface area (Å²) in [5.41, 5.74) is 3.37. The van der Waals surface area contributed by atoms with Crippen LogP contribution in [0.2, 0.25) is 0 Å². The van der Waals surface area contributed by atoms with E-state index < -0.39 is 10.0 Å². The van der Waals surface area contributed by atoms with Crippen LogP contribution < -0.4 is 9.04 Å². The number of allylic oxidation sites excluding steroid dienone is 2. The molecular weight excluding hydrogens is 322 g/mol. The number of hydrogen-bond acceptors (Lipinski definition) is 3. The summed E-state index contributed by atoms with van der Waals surface area (Å²) in [5.74, 6) is 0.614. The van der Waals surface area contributed by atoms with Crippen molar-refractivity contribution in [1.29, 1.82) is 0 Å². The van der Waals surface area contributed by atoms with Gasteiger partial charge in [-0.3, -0.25) is 4.31 Å². The zero-order valence-electron chi connectivity index (χ0n) is 13.7. The van der Waals surface area contributed by atoms with Gasteiger partial charge < -0.3 is 4.74 Å². The van der Waals surface area contributed by atoms with Gasteiger partial charge >= 0.3 is 0 Å².